The lowest BCUT2D eigenvalue weighted by Crippen LogP contribution is -2.27. The van der Waals surface area contributed by atoms with Crippen LogP contribution in [0.4, 0.5) is 4.39 Å². The highest BCUT2D eigenvalue weighted by molar-refractivity contribution is 7.09. The van der Waals surface area contributed by atoms with Crippen molar-refractivity contribution in [2.45, 2.75) is 13.0 Å². The van der Waals surface area contributed by atoms with Crippen LogP contribution >= 0.6 is 22.9 Å². The number of rotatable bonds is 4. The van der Waals surface area contributed by atoms with Gasteiger partial charge in [0.1, 0.15) is 10.8 Å². The molecule has 0 aliphatic heterocycles. The number of benzene rings is 1. The largest absolute Gasteiger partial charge is 0.476 e. The highest BCUT2D eigenvalue weighted by atomic mass is 35.5. The summed E-state index contributed by atoms with van der Waals surface area (Å²) in [6, 6.07) is 3.21. The van der Waals surface area contributed by atoms with Crippen molar-refractivity contribution in [3.05, 3.63) is 50.7 Å². The van der Waals surface area contributed by atoms with E-state index in [0.717, 1.165) is 17.4 Å². The number of carboxylic acids is 1. The molecule has 0 radical (unpaired) electrons. The maximum Gasteiger partial charge on any atom is 0.355 e. The highest BCUT2D eigenvalue weighted by Gasteiger charge is 2.18. The van der Waals surface area contributed by atoms with E-state index in [1.807, 2.05) is 0 Å². The van der Waals surface area contributed by atoms with Crippen LogP contribution in [0.5, 0.6) is 0 Å². The fraction of sp³-hybridized carbons (Fsp3) is 0.154. The minimum atomic E-state index is -1.14. The van der Waals surface area contributed by atoms with Crippen molar-refractivity contribution in [2.24, 2.45) is 0 Å². The molecule has 0 aliphatic rings. The number of nitrogens with zero attached hydrogens (tertiary/aromatic N) is 1. The highest BCUT2D eigenvalue weighted by Crippen LogP contribution is 2.20. The fourth-order valence-corrected chi connectivity index (χ4v) is 2.55. The van der Waals surface area contributed by atoms with E-state index in [1.54, 1.807) is 6.92 Å². The number of aromatic carboxylic acids is 1. The van der Waals surface area contributed by atoms with Gasteiger partial charge in [0, 0.05) is 10.4 Å². The number of amides is 1. The van der Waals surface area contributed by atoms with Crippen molar-refractivity contribution in [3.8, 4) is 0 Å². The third-order valence-corrected chi connectivity index (χ3v) is 3.90. The van der Waals surface area contributed by atoms with Crippen LogP contribution in [0, 0.1) is 5.82 Å². The summed E-state index contributed by atoms with van der Waals surface area (Å²) < 4.78 is 13.6. The number of thiazole rings is 1. The Hall–Kier alpha value is -1.99. The van der Waals surface area contributed by atoms with Gasteiger partial charge in [0.25, 0.3) is 5.91 Å². The molecule has 2 aromatic rings. The predicted molar refractivity (Wildman–Crippen MR) is 76.4 cm³/mol. The van der Waals surface area contributed by atoms with Crippen LogP contribution in [0.2, 0.25) is 5.02 Å². The number of carbonyl (C=O) groups is 2. The van der Waals surface area contributed by atoms with Gasteiger partial charge in [0.05, 0.1) is 11.6 Å². The number of carboxylic acid groups (broad SMARTS) is 1. The van der Waals surface area contributed by atoms with Gasteiger partial charge in [-0.15, -0.1) is 11.3 Å². The minimum absolute atomic E-state index is 0.0891. The first-order chi connectivity index (χ1) is 9.88. The van der Waals surface area contributed by atoms with Gasteiger partial charge < -0.3 is 10.4 Å². The van der Waals surface area contributed by atoms with Crippen LogP contribution in [0.15, 0.2) is 23.6 Å². The van der Waals surface area contributed by atoms with E-state index in [2.05, 4.69) is 10.3 Å². The molecule has 0 saturated carbocycles. The predicted octanol–water partition coefficient (Wildman–Crippen LogP) is 3.12. The van der Waals surface area contributed by atoms with E-state index in [9.17, 15) is 14.0 Å². The number of hydrogen-bond acceptors (Lipinski definition) is 4. The SMILES string of the molecule is CC(NC(=O)c1ccc(Cl)cc1F)c1nc(C(=O)O)cs1. The second-order valence-corrected chi connectivity index (χ2v) is 5.52. The van der Waals surface area contributed by atoms with E-state index in [1.165, 1.54) is 17.5 Å². The molecule has 1 aromatic carbocycles. The summed E-state index contributed by atoms with van der Waals surface area (Å²) in [5.41, 5.74) is -0.227. The quantitative estimate of drug-likeness (QED) is 0.903. The Kier molecular flexibility index (Phi) is 4.54. The molecule has 8 heteroatoms. The molecule has 0 aliphatic carbocycles. The lowest BCUT2D eigenvalue weighted by molar-refractivity contribution is 0.0691. The van der Waals surface area contributed by atoms with Crippen molar-refractivity contribution in [3.63, 3.8) is 0 Å². The van der Waals surface area contributed by atoms with Gasteiger partial charge in [0.2, 0.25) is 0 Å². The van der Waals surface area contributed by atoms with Crippen LogP contribution in [-0.4, -0.2) is 22.0 Å². The minimum Gasteiger partial charge on any atom is -0.476 e. The summed E-state index contributed by atoms with van der Waals surface area (Å²) in [4.78, 5) is 26.6. The number of hydrogen-bond donors (Lipinski definition) is 2. The molecule has 110 valence electrons. The molecule has 1 amide bonds. The standard InChI is InChI=1S/C13H10ClFN2O3S/c1-6(12-17-10(5-21-12)13(19)20)16-11(18)8-3-2-7(14)4-9(8)15/h2-6H,1H3,(H,16,18)(H,19,20). The van der Waals surface area contributed by atoms with Crippen LogP contribution < -0.4 is 5.32 Å². The van der Waals surface area contributed by atoms with Crippen LogP contribution in [0.1, 0.15) is 38.8 Å². The molecule has 2 N–H and O–H groups in total. The molecule has 21 heavy (non-hydrogen) atoms. The first-order valence-electron chi connectivity index (χ1n) is 5.83. The van der Waals surface area contributed by atoms with E-state index < -0.39 is 23.7 Å². The number of halogens is 2. The molecule has 5 nitrogen and oxygen atoms in total. The Morgan fingerprint density at radius 2 is 2.19 bits per heavy atom. The number of carbonyl (C=O) groups excluding carboxylic acids is 1. The molecule has 1 unspecified atom stereocenters. The maximum absolute atomic E-state index is 13.6. The van der Waals surface area contributed by atoms with Crippen molar-refractivity contribution >= 4 is 34.8 Å². The summed E-state index contributed by atoms with van der Waals surface area (Å²) in [5, 5.41) is 13.4. The Labute approximate surface area is 128 Å². The topological polar surface area (TPSA) is 79.3 Å². The molecular formula is C13H10ClFN2O3S. The summed E-state index contributed by atoms with van der Waals surface area (Å²) in [7, 11) is 0. The molecule has 0 fully saturated rings. The second kappa shape index (κ2) is 6.19. The normalized spacial score (nSPS) is 12.0. The third-order valence-electron chi connectivity index (χ3n) is 2.63. The summed E-state index contributed by atoms with van der Waals surface area (Å²) in [6.45, 7) is 1.64. The Bertz CT molecular complexity index is 704. The summed E-state index contributed by atoms with van der Waals surface area (Å²) >= 11 is 6.73. The number of aromatic nitrogens is 1. The lowest BCUT2D eigenvalue weighted by atomic mass is 10.2. The lowest BCUT2D eigenvalue weighted by Gasteiger charge is -2.11. The van der Waals surface area contributed by atoms with Crippen LogP contribution in [0.25, 0.3) is 0 Å². The molecule has 1 heterocycles. The second-order valence-electron chi connectivity index (χ2n) is 4.20. The van der Waals surface area contributed by atoms with Gasteiger partial charge in [-0.1, -0.05) is 11.6 Å². The van der Waals surface area contributed by atoms with Gasteiger partial charge in [-0.2, -0.15) is 0 Å². The van der Waals surface area contributed by atoms with E-state index in [4.69, 9.17) is 16.7 Å². The van der Waals surface area contributed by atoms with Gasteiger partial charge in [-0.25, -0.2) is 14.2 Å². The molecular weight excluding hydrogens is 319 g/mol. The van der Waals surface area contributed by atoms with Crippen molar-refractivity contribution in [2.75, 3.05) is 0 Å². The van der Waals surface area contributed by atoms with E-state index in [-0.39, 0.29) is 16.3 Å². The Morgan fingerprint density at radius 3 is 2.76 bits per heavy atom. The first kappa shape index (κ1) is 15.4. The zero-order valence-corrected chi connectivity index (χ0v) is 12.3. The smallest absolute Gasteiger partial charge is 0.355 e. The molecule has 0 spiro atoms. The van der Waals surface area contributed by atoms with E-state index in [0.29, 0.717) is 5.01 Å². The average molecular weight is 329 g/mol. The van der Waals surface area contributed by atoms with Crippen LogP contribution in [0.3, 0.4) is 0 Å². The molecule has 1 atom stereocenters. The molecule has 0 bridgehead atoms. The van der Waals surface area contributed by atoms with Gasteiger partial charge in [0.15, 0.2) is 5.69 Å². The zero-order valence-electron chi connectivity index (χ0n) is 10.8. The number of nitrogens with one attached hydrogen (secondary N) is 1. The third kappa shape index (κ3) is 3.56. The van der Waals surface area contributed by atoms with Crippen LogP contribution in [-0.2, 0) is 0 Å². The monoisotopic (exact) mass is 328 g/mol. The summed E-state index contributed by atoms with van der Waals surface area (Å²) in [5.74, 6) is -2.49. The van der Waals surface area contributed by atoms with Gasteiger partial charge in [-0.05, 0) is 25.1 Å². The molecule has 0 saturated heterocycles. The van der Waals surface area contributed by atoms with Gasteiger partial charge >= 0.3 is 5.97 Å². The Balaban J connectivity index is 2.12. The average Bonchev–Trinajstić information content (AvgIpc) is 2.88. The fourth-order valence-electron chi connectivity index (χ4n) is 1.59. The zero-order chi connectivity index (χ0) is 15.6. The van der Waals surface area contributed by atoms with Crippen molar-refractivity contribution in [1.82, 2.24) is 10.3 Å². The molecule has 1 aromatic heterocycles. The Morgan fingerprint density at radius 1 is 1.48 bits per heavy atom. The first-order valence-corrected chi connectivity index (χ1v) is 7.09. The molecule has 2 rings (SSSR count). The van der Waals surface area contributed by atoms with Crippen molar-refractivity contribution in [1.29, 1.82) is 0 Å². The maximum atomic E-state index is 13.6. The van der Waals surface area contributed by atoms with E-state index >= 15 is 0 Å². The van der Waals surface area contributed by atoms with Crippen molar-refractivity contribution < 1.29 is 19.1 Å². The van der Waals surface area contributed by atoms with Gasteiger partial charge in [-0.3, -0.25) is 4.79 Å². The summed E-state index contributed by atoms with van der Waals surface area (Å²) in [6.07, 6.45) is 0.